The third-order valence-electron chi connectivity index (χ3n) is 2.99. The summed E-state index contributed by atoms with van der Waals surface area (Å²) in [5.41, 5.74) is 2.26. The Balaban J connectivity index is 2.48. The van der Waals surface area contributed by atoms with Gasteiger partial charge in [0.2, 0.25) is 0 Å². The number of nitrogens with one attached hydrogen (secondary N) is 1. The summed E-state index contributed by atoms with van der Waals surface area (Å²) in [5, 5.41) is 4.35. The van der Waals surface area contributed by atoms with Gasteiger partial charge < -0.3 is 14.5 Å². The number of hydrogen-bond donors (Lipinski definition) is 1. The van der Waals surface area contributed by atoms with Crippen molar-refractivity contribution < 1.29 is 9.15 Å². The fourth-order valence-electron chi connectivity index (χ4n) is 2.26. The van der Waals surface area contributed by atoms with Crippen molar-refractivity contribution in [2.45, 2.75) is 33.2 Å². The standard InChI is InChI=1S/C15H21NO2/c1-4-6-12-13-9-11(17-5-2)7-8-14(13)18-15(12)10-16-3/h7-9,16H,4-6,10H2,1-3H3. The Hall–Kier alpha value is -1.48. The molecule has 1 aromatic carbocycles. The van der Waals surface area contributed by atoms with Crippen LogP contribution >= 0.6 is 0 Å². The molecule has 18 heavy (non-hydrogen) atoms. The SMILES string of the molecule is CCCc1c(CNC)oc2ccc(OCC)cc12. The lowest BCUT2D eigenvalue weighted by atomic mass is 10.1. The molecule has 0 saturated heterocycles. The molecule has 0 fully saturated rings. The molecule has 0 saturated carbocycles. The van der Waals surface area contributed by atoms with Crippen LogP contribution in [0.5, 0.6) is 5.75 Å². The molecule has 2 rings (SSSR count). The van der Waals surface area contributed by atoms with E-state index in [0.29, 0.717) is 6.61 Å². The Kier molecular flexibility index (Phi) is 4.26. The lowest BCUT2D eigenvalue weighted by Crippen LogP contribution is -2.05. The summed E-state index contributed by atoms with van der Waals surface area (Å²) in [6.45, 7) is 5.65. The van der Waals surface area contributed by atoms with Crippen LogP contribution in [0.4, 0.5) is 0 Å². The second-order valence-corrected chi connectivity index (χ2v) is 4.38. The molecule has 2 aromatic rings. The molecule has 0 atom stereocenters. The van der Waals surface area contributed by atoms with E-state index in [1.807, 2.05) is 26.1 Å². The Morgan fingerprint density at radius 2 is 2.11 bits per heavy atom. The molecular formula is C15H21NO2. The molecule has 1 N–H and O–H groups in total. The first-order chi connectivity index (χ1) is 8.80. The van der Waals surface area contributed by atoms with Crippen LogP contribution in [0.1, 0.15) is 31.6 Å². The van der Waals surface area contributed by atoms with Crippen molar-refractivity contribution >= 4 is 11.0 Å². The molecule has 3 nitrogen and oxygen atoms in total. The number of hydrogen-bond acceptors (Lipinski definition) is 3. The van der Waals surface area contributed by atoms with E-state index in [9.17, 15) is 0 Å². The average molecular weight is 247 g/mol. The van der Waals surface area contributed by atoms with Gasteiger partial charge in [0.05, 0.1) is 13.2 Å². The molecule has 0 aliphatic rings. The van der Waals surface area contributed by atoms with Crippen LogP contribution in [0.3, 0.4) is 0 Å². The maximum atomic E-state index is 5.91. The predicted octanol–water partition coefficient (Wildman–Crippen LogP) is 3.50. The van der Waals surface area contributed by atoms with Crippen LogP contribution < -0.4 is 10.1 Å². The van der Waals surface area contributed by atoms with Crippen molar-refractivity contribution in [1.82, 2.24) is 5.32 Å². The number of rotatable bonds is 6. The van der Waals surface area contributed by atoms with Gasteiger partial charge in [-0.3, -0.25) is 0 Å². The van der Waals surface area contributed by atoms with E-state index in [2.05, 4.69) is 18.3 Å². The summed E-state index contributed by atoms with van der Waals surface area (Å²) in [6.07, 6.45) is 2.16. The van der Waals surface area contributed by atoms with E-state index in [1.165, 1.54) is 10.9 Å². The van der Waals surface area contributed by atoms with Crippen LogP contribution in [-0.4, -0.2) is 13.7 Å². The van der Waals surface area contributed by atoms with Gasteiger partial charge in [0, 0.05) is 10.9 Å². The topological polar surface area (TPSA) is 34.4 Å². The molecule has 3 heteroatoms. The zero-order valence-corrected chi connectivity index (χ0v) is 11.4. The van der Waals surface area contributed by atoms with Gasteiger partial charge in [0.1, 0.15) is 17.1 Å². The van der Waals surface area contributed by atoms with E-state index in [-0.39, 0.29) is 0 Å². The predicted molar refractivity (Wildman–Crippen MR) is 74.1 cm³/mol. The molecule has 0 aliphatic carbocycles. The van der Waals surface area contributed by atoms with Crippen LogP contribution in [0.2, 0.25) is 0 Å². The molecule has 1 aromatic heterocycles. The molecule has 98 valence electrons. The molecule has 0 radical (unpaired) electrons. The zero-order valence-electron chi connectivity index (χ0n) is 11.4. The smallest absolute Gasteiger partial charge is 0.134 e. The highest BCUT2D eigenvalue weighted by molar-refractivity contribution is 5.83. The van der Waals surface area contributed by atoms with Crippen molar-refractivity contribution in [3.05, 3.63) is 29.5 Å². The summed E-state index contributed by atoms with van der Waals surface area (Å²) >= 11 is 0. The fraction of sp³-hybridized carbons (Fsp3) is 0.467. The first-order valence-corrected chi connectivity index (χ1v) is 6.61. The van der Waals surface area contributed by atoms with Gasteiger partial charge >= 0.3 is 0 Å². The molecule has 0 bridgehead atoms. The number of fused-ring (bicyclic) bond motifs is 1. The molecular weight excluding hydrogens is 226 g/mol. The highest BCUT2D eigenvalue weighted by Crippen LogP contribution is 2.30. The number of furan rings is 1. The summed E-state index contributed by atoms with van der Waals surface area (Å²) in [7, 11) is 1.94. The average Bonchev–Trinajstić information content (AvgIpc) is 2.69. The normalized spacial score (nSPS) is 11.1. The van der Waals surface area contributed by atoms with Crippen LogP contribution in [0, 0.1) is 0 Å². The highest BCUT2D eigenvalue weighted by Gasteiger charge is 2.13. The summed E-state index contributed by atoms with van der Waals surface area (Å²) in [6, 6.07) is 6.05. The first kappa shape index (κ1) is 13.0. The third kappa shape index (κ3) is 2.51. The lowest BCUT2D eigenvalue weighted by Gasteiger charge is -2.03. The maximum Gasteiger partial charge on any atom is 0.134 e. The summed E-state index contributed by atoms with van der Waals surface area (Å²) in [5.74, 6) is 1.96. The van der Waals surface area contributed by atoms with Gasteiger partial charge in [-0.25, -0.2) is 0 Å². The van der Waals surface area contributed by atoms with Crippen molar-refractivity contribution in [2.24, 2.45) is 0 Å². The molecule has 0 spiro atoms. The van der Waals surface area contributed by atoms with E-state index in [1.54, 1.807) is 0 Å². The second kappa shape index (κ2) is 5.91. The maximum absolute atomic E-state index is 5.91. The first-order valence-electron chi connectivity index (χ1n) is 6.61. The van der Waals surface area contributed by atoms with Crippen LogP contribution in [0.25, 0.3) is 11.0 Å². The Morgan fingerprint density at radius 3 is 2.78 bits per heavy atom. The molecule has 1 heterocycles. The molecule has 0 aliphatic heterocycles. The van der Waals surface area contributed by atoms with E-state index >= 15 is 0 Å². The number of benzene rings is 1. The van der Waals surface area contributed by atoms with Crippen LogP contribution in [0.15, 0.2) is 22.6 Å². The Bertz CT molecular complexity index is 516. The van der Waals surface area contributed by atoms with Crippen molar-refractivity contribution in [2.75, 3.05) is 13.7 Å². The lowest BCUT2D eigenvalue weighted by molar-refractivity contribution is 0.340. The van der Waals surface area contributed by atoms with Gasteiger partial charge in [-0.05, 0) is 38.6 Å². The fourth-order valence-corrected chi connectivity index (χ4v) is 2.26. The van der Waals surface area contributed by atoms with E-state index in [4.69, 9.17) is 9.15 Å². The zero-order chi connectivity index (χ0) is 13.0. The van der Waals surface area contributed by atoms with E-state index in [0.717, 1.165) is 36.5 Å². The summed E-state index contributed by atoms with van der Waals surface area (Å²) in [4.78, 5) is 0. The minimum Gasteiger partial charge on any atom is -0.494 e. The van der Waals surface area contributed by atoms with Gasteiger partial charge in [0.25, 0.3) is 0 Å². The minimum absolute atomic E-state index is 0.690. The Morgan fingerprint density at radius 1 is 1.28 bits per heavy atom. The minimum atomic E-state index is 0.690. The number of aryl methyl sites for hydroxylation is 1. The van der Waals surface area contributed by atoms with Crippen molar-refractivity contribution in [3.63, 3.8) is 0 Å². The third-order valence-corrected chi connectivity index (χ3v) is 2.99. The quantitative estimate of drug-likeness (QED) is 0.848. The van der Waals surface area contributed by atoms with Gasteiger partial charge in [-0.15, -0.1) is 0 Å². The van der Waals surface area contributed by atoms with Gasteiger partial charge in [-0.2, -0.15) is 0 Å². The van der Waals surface area contributed by atoms with E-state index < -0.39 is 0 Å². The number of ether oxygens (including phenoxy) is 1. The van der Waals surface area contributed by atoms with Crippen molar-refractivity contribution in [3.8, 4) is 5.75 Å². The monoisotopic (exact) mass is 247 g/mol. The van der Waals surface area contributed by atoms with Gasteiger partial charge in [0.15, 0.2) is 0 Å². The van der Waals surface area contributed by atoms with Crippen LogP contribution in [-0.2, 0) is 13.0 Å². The molecule has 0 amide bonds. The van der Waals surface area contributed by atoms with Gasteiger partial charge in [-0.1, -0.05) is 13.3 Å². The highest BCUT2D eigenvalue weighted by atomic mass is 16.5. The summed E-state index contributed by atoms with van der Waals surface area (Å²) < 4.78 is 11.5. The van der Waals surface area contributed by atoms with Crippen molar-refractivity contribution in [1.29, 1.82) is 0 Å². The molecule has 0 unspecified atom stereocenters. The largest absolute Gasteiger partial charge is 0.494 e. The second-order valence-electron chi connectivity index (χ2n) is 4.38. The Labute approximate surface area is 108 Å².